The highest BCUT2D eigenvalue weighted by atomic mass is 19.4. The Hall–Kier alpha value is -0.640. The van der Waals surface area contributed by atoms with Crippen molar-refractivity contribution in [2.45, 2.75) is 56.9 Å². The minimum absolute atomic E-state index is 0.404. The predicted octanol–water partition coefficient (Wildman–Crippen LogP) is 4.29. The summed E-state index contributed by atoms with van der Waals surface area (Å²) in [7, 11) is 0. The number of halogens is 8. The molecule has 0 saturated carbocycles. The van der Waals surface area contributed by atoms with E-state index in [0.717, 1.165) is 0 Å². The van der Waals surface area contributed by atoms with E-state index in [1.54, 1.807) is 0 Å². The Bertz CT molecular complexity index is 393. The second kappa shape index (κ2) is 7.72. The molecule has 0 bridgehead atoms. The van der Waals surface area contributed by atoms with Crippen molar-refractivity contribution in [1.82, 2.24) is 4.90 Å². The Balaban J connectivity index is 2.52. The molecule has 0 N–H and O–H groups in total. The number of hydrogen-bond acceptors (Lipinski definition) is 2. The van der Waals surface area contributed by atoms with Gasteiger partial charge in [0.25, 0.3) is 12.1 Å². The second-order valence-electron chi connectivity index (χ2n) is 6.31. The van der Waals surface area contributed by atoms with Crippen LogP contribution in [0.15, 0.2) is 0 Å². The van der Waals surface area contributed by atoms with Crippen molar-refractivity contribution in [3.63, 3.8) is 0 Å². The summed E-state index contributed by atoms with van der Waals surface area (Å²) in [4.78, 5) is 1.48. The molecule has 1 fully saturated rings. The second-order valence-corrected chi connectivity index (χ2v) is 6.31. The fourth-order valence-corrected chi connectivity index (χ4v) is 2.44. The summed E-state index contributed by atoms with van der Waals surface area (Å²) in [6.45, 7) is 0.446. The molecule has 1 rings (SSSR count). The standard InChI is InChI=1S/C14H21F8NO/c1-9-3-5-23(6-4-9)10(2)12(16,17)7-24-8-13(18,19)11(15)14(20,21)22/h9-11H,3-8H2,1-2H3. The zero-order valence-corrected chi connectivity index (χ0v) is 13.4. The monoisotopic (exact) mass is 371 g/mol. The molecule has 1 aliphatic heterocycles. The number of likely N-dealkylation sites (tertiary alicyclic amines) is 1. The van der Waals surface area contributed by atoms with Gasteiger partial charge in [-0.25, -0.2) is 22.0 Å². The molecule has 10 heteroatoms. The largest absolute Gasteiger partial charge is 0.425 e. The van der Waals surface area contributed by atoms with Gasteiger partial charge in [-0.05, 0) is 38.8 Å². The molecule has 2 unspecified atom stereocenters. The van der Waals surface area contributed by atoms with Gasteiger partial charge in [0.2, 0.25) is 0 Å². The first kappa shape index (κ1) is 21.4. The predicted molar refractivity (Wildman–Crippen MR) is 71.1 cm³/mol. The van der Waals surface area contributed by atoms with E-state index in [1.165, 1.54) is 11.8 Å². The lowest BCUT2D eigenvalue weighted by molar-refractivity contribution is -0.259. The van der Waals surface area contributed by atoms with Crippen LogP contribution < -0.4 is 0 Å². The van der Waals surface area contributed by atoms with Crippen LogP contribution in [0, 0.1) is 5.92 Å². The lowest BCUT2D eigenvalue weighted by Gasteiger charge is -2.38. The highest BCUT2D eigenvalue weighted by Gasteiger charge is 2.57. The third-order valence-corrected chi connectivity index (χ3v) is 4.22. The molecular formula is C14H21F8NO. The van der Waals surface area contributed by atoms with E-state index < -0.39 is 43.4 Å². The summed E-state index contributed by atoms with van der Waals surface area (Å²) < 4.78 is 107. The molecule has 1 heterocycles. The SMILES string of the molecule is CC1CCN(C(C)C(F)(F)COCC(F)(F)C(F)C(F)(F)F)CC1. The molecule has 1 aliphatic rings. The number of ether oxygens (including phenoxy) is 1. The molecule has 24 heavy (non-hydrogen) atoms. The van der Waals surface area contributed by atoms with Crippen LogP contribution in [0.25, 0.3) is 0 Å². The molecule has 0 radical (unpaired) electrons. The van der Waals surface area contributed by atoms with Gasteiger partial charge in [0.1, 0.15) is 13.2 Å². The van der Waals surface area contributed by atoms with E-state index in [4.69, 9.17) is 0 Å². The van der Waals surface area contributed by atoms with Crippen molar-refractivity contribution in [2.75, 3.05) is 26.3 Å². The molecule has 144 valence electrons. The molecule has 0 aromatic heterocycles. The van der Waals surface area contributed by atoms with Gasteiger partial charge in [-0.1, -0.05) is 6.92 Å². The summed E-state index contributed by atoms with van der Waals surface area (Å²) in [5.41, 5.74) is 0. The van der Waals surface area contributed by atoms with Crippen molar-refractivity contribution >= 4 is 0 Å². The van der Waals surface area contributed by atoms with Crippen LogP contribution in [0.4, 0.5) is 35.1 Å². The van der Waals surface area contributed by atoms with E-state index in [9.17, 15) is 35.1 Å². The Morgan fingerprint density at radius 2 is 1.42 bits per heavy atom. The lowest BCUT2D eigenvalue weighted by atomic mass is 9.97. The fraction of sp³-hybridized carbons (Fsp3) is 1.00. The van der Waals surface area contributed by atoms with Crippen LogP contribution >= 0.6 is 0 Å². The lowest BCUT2D eigenvalue weighted by Crippen LogP contribution is -2.52. The van der Waals surface area contributed by atoms with Gasteiger partial charge >= 0.3 is 12.1 Å². The number of alkyl halides is 8. The Morgan fingerprint density at radius 1 is 0.958 bits per heavy atom. The maximum Gasteiger partial charge on any atom is 0.425 e. The fourth-order valence-electron chi connectivity index (χ4n) is 2.44. The molecular weight excluding hydrogens is 350 g/mol. The van der Waals surface area contributed by atoms with Crippen molar-refractivity contribution in [3.8, 4) is 0 Å². The third-order valence-electron chi connectivity index (χ3n) is 4.22. The van der Waals surface area contributed by atoms with E-state index in [-0.39, 0.29) is 0 Å². The molecule has 0 amide bonds. The van der Waals surface area contributed by atoms with Gasteiger partial charge < -0.3 is 4.74 Å². The zero-order chi connectivity index (χ0) is 18.8. The Labute approximate surface area is 135 Å². The highest BCUT2D eigenvalue weighted by molar-refractivity contribution is 4.86. The first-order chi connectivity index (χ1) is 10.8. The zero-order valence-electron chi connectivity index (χ0n) is 13.4. The van der Waals surface area contributed by atoms with Gasteiger partial charge in [-0.15, -0.1) is 0 Å². The molecule has 2 nitrogen and oxygen atoms in total. The van der Waals surface area contributed by atoms with E-state index in [0.29, 0.717) is 31.8 Å². The minimum atomic E-state index is -5.78. The Kier molecular flexibility index (Phi) is 6.88. The molecule has 0 spiro atoms. The van der Waals surface area contributed by atoms with Crippen LogP contribution in [0.2, 0.25) is 0 Å². The van der Waals surface area contributed by atoms with E-state index >= 15 is 0 Å². The number of hydrogen-bond donors (Lipinski definition) is 0. The third kappa shape index (κ3) is 5.72. The molecule has 0 aliphatic carbocycles. The van der Waals surface area contributed by atoms with Crippen molar-refractivity contribution in [2.24, 2.45) is 5.92 Å². The average Bonchev–Trinajstić information content (AvgIpc) is 2.45. The average molecular weight is 371 g/mol. The first-order valence-corrected chi connectivity index (χ1v) is 7.55. The number of rotatable bonds is 7. The Morgan fingerprint density at radius 3 is 1.88 bits per heavy atom. The number of piperidine rings is 1. The molecule has 2 atom stereocenters. The summed E-state index contributed by atoms with van der Waals surface area (Å²) >= 11 is 0. The molecule has 1 saturated heterocycles. The number of nitrogens with zero attached hydrogens (tertiary/aromatic N) is 1. The summed E-state index contributed by atoms with van der Waals surface area (Å²) in [6.07, 6.45) is -8.81. The highest BCUT2D eigenvalue weighted by Crippen LogP contribution is 2.35. The van der Waals surface area contributed by atoms with Gasteiger partial charge in [0.05, 0.1) is 6.04 Å². The molecule has 0 aromatic rings. The van der Waals surface area contributed by atoms with Gasteiger partial charge in [0.15, 0.2) is 0 Å². The van der Waals surface area contributed by atoms with Crippen molar-refractivity contribution in [3.05, 3.63) is 0 Å². The van der Waals surface area contributed by atoms with Gasteiger partial charge in [0, 0.05) is 0 Å². The van der Waals surface area contributed by atoms with E-state index in [2.05, 4.69) is 4.74 Å². The first-order valence-electron chi connectivity index (χ1n) is 7.55. The van der Waals surface area contributed by atoms with Crippen molar-refractivity contribution < 1.29 is 39.9 Å². The van der Waals surface area contributed by atoms with Crippen LogP contribution in [0.1, 0.15) is 26.7 Å². The van der Waals surface area contributed by atoms with Crippen LogP contribution in [-0.4, -0.2) is 61.4 Å². The smallest absolute Gasteiger partial charge is 0.369 e. The minimum Gasteiger partial charge on any atom is -0.369 e. The summed E-state index contributed by atoms with van der Waals surface area (Å²) in [5.74, 6) is -8.06. The maximum atomic E-state index is 14.0. The van der Waals surface area contributed by atoms with Crippen LogP contribution in [0.3, 0.4) is 0 Å². The topological polar surface area (TPSA) is 12.5 Å². The maximum absolute atomic E-state index is 14.0. The van der Waals surface area contributed by atoms with Gasteiger partial charge in [-0.3, -0.25) is 4.90 Å². The van der Waals surface area contributed by atoms with Gasteiger partial charge in [-0.2, -0.15) is 13.2 Å². The normalized spacial score (nSPS) is 21.8. The van der Waals surface area contributed by atoms with Crippen LogP contribution in [-0.2, 0) is 4.74 Å². The molecule has 0 aromatic carbocycles. The quantitative estimate of drug-likeness (QED) is 0.619. The van der Waals surface area contributed by atoms with Crippen LogP contribution in [0.5, 0.6) is 0 Å². The summed E-state index contributed by atoms with van der Waals surface area (Å²) in [6, 6.07) is -1.32. The van der Waals surface area contributed by atoms with E-state index in [1.807, 2.05) is 6.92 Å². The summed E-state index contributed by atoms with van der Waals surface area (Å²) in [5, 5.41) is 0. The van der Waals surface area contributed by atoms with Crippen molar-refractivity contribution in [1.29, 1.82) is 0 Å².